The molecule has 1 aromatic carbocycles. The molecule has 3 N–H and O–H groups in total. The van der Waals surface area contributed by atoms with Crippen molar-refractivity contribution in [2.24, 2.45) is 0 Å². The molecule has 2 aromatic rings. The van der Waals surface area contributed by atoms with Crippen molar-refractivity contribution in [2.45, 2.75) is 11.5 Å². The van der Waals surface area contributed by atoms with Crippen LogP contribution in [0.3, 0.4) is 0 Å². The van der Waals surface area contributed by atoms with E-state index < -0.39 is 15.8 Å². The van der Waals surface area contributed by atoms with Crippen LogP contribution in [-0.4, -0.2) is 18.5 Å². The molecule has 0 bridgehead atoms. The van der Waals surface area contributed by atoms with Gasteiger partial charge < -0.3 is 10.1 Å². The minimum atomic E-state index is -3.81. The first kappa shape index (κ1) is 13.9. The van der Waals surface area contributed by atoms with Gasteiger partial charge in [-0.2, -0.15) is 0 Å². The second kappa shape index (κ2) is 5.20. The molecule has 0 aliphatic rings. The van der Waals surface area contributed by atoms with E-state index in [1.165, 1.54) is 24.4 Å². The Hall–Kier alpha value is -1.57. The minimum Gasteiger partial charge on any atom is -0.390 e. The Kier molecular flexibility index (Phi) is 3.79. The number of hydrogen-bond donors (Lipinski definition) is 3. The molecule has 5 nitrogen and oxygen atoms in total. The van der Waals surface area contributed by atoms with Gasteiger partial charge in [0, 0.05) is 11.9 Å². The lowest BCUT2D eigenvalue weighted by atomic mass is 10.3. The number of sulfonamides is 1. The van der Waals surface area contributed by atoms with Crippen LogP contribution < -0.4 is 4.72 Å². The standard InChI is InChI=1S/C11H10ClFN2O3S/c12-10-4-7(1-2-11(10)13)15-19(17,18)9-3-8(6-16)14-5-9/h1-5,14-16H,6H2. The molecule has 0 aliphatic heterocycles. The third kappa shape index (κ3) is 3.06. The maximum atomic E-state index is 13.0. The number of benzene rings is 1. The summed E-state index contributed by atoms with van der Waals surface area (Å²) in [5, 5.41) is 8.69. The van der Waals surface area contributed by atoms with Gasteiger partial charge in [0.05, 0.1) is 17.3 Å². The number of aliphatic hydroxyl groups is 1. The summed E-state index contributed by atoms with van der Waals surface area (Å²) in [6, 6.07) is 4.80. The highest BCUT2D eigenvalue weighted by Gasteiger charge is 2.16. The molecule has 0 saturated heterocycles. The molecule has 0 fully saturated rings. The highest BCUT2D eigenvalue weighted by molar-refractivity contribution is 7.92. The van der Waals surface area contributed by atoms with E-state index in [1.807, 2.05) is 0 Å². The topological polar surface area (TPSA) is 82.2 Å². The Morgan fingerprint density at radius 3 is 2.68 bits per heavy atom. The average Bonchev–Trinajstić information content (AvgIpc) is 2.83. The monoisotopic (exact) mass is 304 g/mol. The molecular weight excluding hydrogens is 295 g/mol. The van der Waals surface area contributed by atoms with Crippen LogP contribution in [0, 0.1) is 5.82 Å². The van der Waals surface area contributed by atoms with E-state index in [4.69, 9.17) is 16.7 Å². The fraction of sp³-hybridized carbons (Fsp3) is 0.0909. The van der Waals surface area contributed by atoms with Crippen LogP contribution in [0.1, 0.15) is 5.69 Å². The summed E-state index contributed by atoms with van der Waals surface area (Å²) in [6.07, 6.45) is 1.25. The van der Waals surface area contributed by atoms with Gasteiger partial charge in [-0.3, -0.25) is 4.72 Å². The number of H-pyrrole nitrogens is 1. The van der Waals surface area contributed by atoms with Gasteiger partial charge in [0.15, 0.2) is 0 Å². The Labute approximate surface area is 114 Å². The Morgan fingerprint density at radius 2 is 2.11 bits per heavy atom. The minimum absolute atomic E-state index is 0.0306. The van der Waals surface area contributed by atoms with Crippen LogP contribution in [0.5, 0.6) is 0 Å². The van der Waals surface area contributed by atoms with Crippen molar-refractivity contribution in [3.8, 4) is 0 Å². The molecule has 0 unspecified atom stereocenters. The normalized spacial score (nSPS) is 11.5. The van der Waals surface area contributed by atoms with E-state index in [0.29, 0.717) is 5.69 Å². The van der Waals surface area contributed by atoms with Gasteiger partial charge in [-0.15, -0.1) is 0 Å². The first-order valence-electron chi connectivity index (χ1n) is 5.18. The molecule has 0 atom stereocenters. The predicted octanol–water partition coefficient (Wildman–Crippen LogP) is 2.10. The lowest BCUT2D eigenvalue weighted by Gasteiger charge is -2.06. The van der Waals surface area contributed by atoms with Gasteiger partial charge in [0.2, 0.25) is 0 Å². The first-order valence-corrected chi connectivity index (χ1v) is 7.04. The highest BCUT2D eigenvalue weighted by atomic mass is 35.5. The first-order chi connectivity index (χ1) is 8.92. The lowest BCUT2D eigenvalue weighted by molar-refractivity contribution is 0.277. The van der Waals surface area contributed by atoms with Crippen LogP contribution in [0.15, 0.2) is 35.4 Å². The van der Waals surface area contributed by atoms with Crippen LogP contribution in [0.25, 0.3) is 0 Å². The zero-order valence-corrected chi connectivity index (χ0v) is 11.1. The van der Waals surface area contributed by atoms with Gasteiger partial charge in [-0.25, -0.2) is 12.8 Å². The quantitative estimate of drug-likeness (QED) is 0.809. The Bertz CT molecular complexity index is 700. The number of aromatic nitrogens is 1. The summed E-state index contributed by atoms with van der Waals surface area (Å²) in [6.45, 7) is -0.294. The zero-order valence-electron chi connectivity index (χ0n) is 9.52. The van der Waals surface area contributed by atoms with Gasteiger partial charge >= 0.3 is 0 Å². The van der Waals surface area contributed by atoms with Crippen molar-refractivity contribution >= 4 is 27.3 Å². The van der Waals surface area contributed by atoms with Crippen molar-refractivity contribution in [1.82, 2.24) is 4.98 Å². The Balaban J connectivity index is 2.28. The largest absolute Gasteiger partial charge is 0.390 e. The zero-order chi connectivity index (χ0) is 14.0. The molecule has 1 heterocycles. The van der Waals surface area contributed by atoms with E-state index in [-0.39, 0.29) is 22.2 Å². The van der Waals surface area contributed by atoms with E-state index in [0.717, 1.165) is 6.07 Å². The molecular formula is C11H10ClFN2O3S. The molecule has 1 aromatic heterocycles. The average molecular weight is 305 g/mol. The molecule has 2 rings (SSSR count). The van der Waals surface area contributed by atoms with Gasteiger partial charge in [0.1, 0.15) is 10.7 Å². The molecule has 0 saturated carbocycles. The smallest absolute Gasteiger partial charge is 0.263 e. The molecule has 8 heteroatoms. The predicted molar refractivity (Wildman–Crippen MR) is 68.9 cm³/mol. The van der Waals surface area contributed by atoms with Crippen LogP contribution in [-0.2, 0) is 16.6 Å². The highest BCUT2D eigenvalue weighted by Crippen LogP contribution is 2.22. The fourth-order valence-electron chi connectivity index (χ4n) is 1.44. The molecule has 0 amide bonds. The van der Waals surface area contributed by atoms with E-state index in [1.54, 1.807) is 0 Å². The summed E-state index contributed by atoms with van der Waals surface area (Å²) in [7, 11) is -3.81. The molecule has 0 spiro atoms. The maximum Gasteiger partial charge on any atom is 0.263 e. The maximum absolute atomic E-state index is 13.0. The summed E-state index contributed by atoms with van der Waals surface area (Å²) in [5.41, 5.74) is 0.524. The number of aliphatic hydroxyl groups excluding tert-OH is 1. The van der Waals surface area contributed by atoms with E-state index in [9.17, 15) is 12.8 Å². The van der Waals surface area contributed by atoms with Crippen molar-refractivity contribution in [3.05, 3.63) is 47.0 Å². The summed E-state index contributed by atoms with van der Waals surface area (Å²) in [5.74, 6) is -0.631. The third-order valence-corrected chi connectivity index (χ3v) is 4.02. The van der Waals surface area contributed by atoms with Gasteiger partial charge in [-0.05, 0) is 24.3 Å². The summed E-state index contributed by atoms with van der Waals surface area (Å²) in [4.78, 5) is 2.58. The van der Waals surface area contributed by atoms with Crippen LogP contribution in [0.4, 0.5) is 10.1 Å². The van der Waals surface area contributed by atoms with Crippen LogP contribution >= 0.6 is 11.6 Å². The number of hydrogen-bond acceptors (Lipinski definition) is 3. The molecule has 0 aliphatic carbocycles. The number of aromatic amines is 1. The van der Waals surface area contributed by atoms with E-state index in [2.05, 4.69) is 9.71 Å². The summed E-state index contributed by atoms with van der Waals surface area (Å²) >= 11 is 5.57. The molecule has 102 valence electrons. The van der Waals surface area contributed by atoms with E-state index >= 15 is 0 Å². The van der Waals surface area contributed by atoms with Crippen molar-refractivity contribution in [2.75, 3.05) is 4.72 Å². The van der Waals surface area contributed by atoms with Gasteiger partial charge in [-0.1, -0.05) is 11.6 Å². The second-order valence-electron chi connectivity index (χ2n) is 3.75. The number of halogens is 2. The molecule has 19 heavy (non-hydrogen) atoms. The Morgan fingerprint density at radius 1 is 1.37 bits per heavy atom. The van der Waals surface area contributed by atoms with Gasteiger partial charge in [0.25, 0.3) is 10.0 Å². The number of anilines is 1. The van der Waals surface area contributed by atoms with Crippen molar-refractivity contribution in [3.63, 3.8) is 0 Å². The number of rotatable bonds is 4. The SMILES string of the molecule is O=S(=O)(Nc1ccc(F)c(Cl)c1)c1c[nH]c(CO)c1. The summed E-state index contributed by atoms with van der Waals surface area (Å²) < 4.78 is 39.2. The number of nitrogens with one attached hydrogen (secondary N) is 2. The van der Waals surface area contributed by atoms with Crippen molar-refractivity contribution < 1.29 is 17.9 Å². The fourth-order valence-corrected chi connectivity index (χ4v) is 2.69. The second-order valence-corrected chi connectivity index (χ2v) is 5.84. The lowest BCUT2D eigenvalue weighted by Crippen LogP contribution is -2.12. The third-order valence-electron chi connectivity index (χ3n) is 2.37. The van der Waals surface area contributed by atoms with Crippen molar-refractivity contribution in [1.29, 1.82) is 0 Å². The molecule has 0 radical (unpaired) electrons. The van der Waals surface area contributed by atoms with Crippen LogP contribution in [0.2, 0.25) is 5.02 Å².